The van der Waals surface area contributed by atoms with E-state index in [0.29, 0.717) is 11.8 Å². The second kappa shape index (κ2) is 15.8. The van der Waals surface area contributed by atoms with Crippen molar-refractivity contribution in [2.45, 2.75) is 5.92 Å². The Bertz CT molecular complexity index is 3100. The number of hydrogen-bond donors (Lipinski definition) is 0. The Labute approximate surface area is 358 Å². The summed E-state index contributed by atoms with van der Waals surface area (Å²) in [7, 11) is 0. The lowest BCUT2D eigenvalue weighted by atomic mass is 9.76. The summed E-state index contributed by atoms with van der Waals surface area (Å²) in [5.41, 5.74) is 18.1. The van der Waals surface area contributed by atoms with Crippen LogP contribution in [0.4, 0.5) is 17.1 Å². The number of anilines is 3. The first kappa shape index (κ1) is 36.3. The molecule has 1 nitrogen and oxygen atoms in total. The summed E-state index contributed by atoms with van der Waals surface area (Å²) in [5.74, 6) is 0.823. The lowest BCUT2D eigenvalue weighted by Crippen LogP contribution is -2.13. The van der Waals surface area contributed by atoms with E-state index in [1.807, 2.05) is 0 Å². The molecule has 0 fully saturated rings. The molecule has 2 unspecified atom stereocenters. The molecule has 0 N–H and O–H groups in total. The van der Waals surface area contributed by atoms with Gasteiger partial charge in [0.15, 0.2) is 0 Å². The SMILES string of the molecule is C1=CC2C=Cc3cc(-c4cccc(N(c5ccc(-c6ccc(-c7ccccc7)cc6)cc5)c5ccc(-c6c(-c7ccccc7)ccc7ccccc67)cc5)c4)ccc3C2C=C1. The van der Waals surface area contributed by atoms with Crippen LogP contribution in [0.25, 0.3) is 72.5 Å². The van der Waals surface area contributed by atoms with Crippen molar-refractivity contribution >= 4 is 33.9 Å². The summed E-state index contributed by atoms with van der Waals surface area (Å²) >= 11 is 0. The average molecular weight is 778 g/mol. The molecule has 0 bridgehead atoms. The van der Waals surface area contributed by atoms with E-state index in [1.165, 1.54) is 77.5 Å². The summed E-state index contributed by atoms with van der Waals surface area (Å²) in [6.07, 6.45) is 13.6. The van der Waals surface area contributed by atoms with E-state index in [-0.39, 0.29) is 0 Å². The minimum Gasteiger partial charge on any atom is -0.310 e. The van der Waals surface area contributed by atoms with E-state index in [1.54, 1.807) is 0 Å². The minimum atomic E-state index is 0.395. The predicted octanol–water partition coefficient (Wildman–Crippen LogP) is 16.5. The molecular weight excluding hydrogens is 735 g/mol. The zero-order valence-corrected chi connectivity index (χ0v) is 33.8. The van der Waals surface area contributed by atoms with Gasteiger partial charge in [-0.15, -0.1) is 0 Å². The highest BCUT2D eigenvalue weighted by molar-refractivity contribution is 6.04. The van der Waals surface area contributed by atoms with Crippen molar-refractivity contribution in [2.75, 3.05) is 4.90 Å². The second-order valence-corrected chi connectivity index (χ2v) is 16.1. The average Bonchev–Trinajstić information content (AvgIpc) is 3.35. The highest BCUT2D eigenvalue weighted by Gasteiger charge is 2.24. The Kier molecular flexibility index (Phi) is 9.41. The Morgan fingerprint density at radius 3 is 1.62 bits per heavy atom. The molecule has 2 aliphatic rings. The predicted molar refractivity (Wildman–Crippen MR) is 259 cm³/mol. The molecule has 2 atom stereocenters. The van der Waals surface area contributed by atoms with Crippen molar-refractivity contribution in [2.24, 2.45) is 5.92 Å². The number of nitrogens with zero attached hydrogens (tertiary/aromatic N) is 1. The summed E-state index contributed by atoms with van der Waals surface area (Å²) in [6.45, 7) is 0. The van der Waals surface area contributed by atoms with Crippen LogP contribution in [-0.2, 0) is 0 Å². The molecule has 0 radical (unpaired) electrons. The van der Waals surface area contributed by atoms with Gasteiger partial charge in [-0.3, -0.25) is 0 Å². The van der Waals surface area contributed by atoms with Gasteiger partial charge in [-0.1, -0.05) is 206 Å². The van der Waals surface area contributed by atoms with Crippen molar-refractivity contribution in [3.63, 3.8) is 0 Å². The molecule has 0 heterocycles. The molecule has 2 aliphatic carbocycles. The van der Waals surface area contributed by atoms with Gasteiger partial charge < -0.3 is 4.90 Å². The highest BCUT2D eigenvalue weighted by atomic mass is 15.1. The van der Waals surface area contributed by atoms with E-state index in [9.17, 15) is 0 Å². The summed E-state index contributed by atoms with van der Waals surface area (Å²) < 4.78 is 0. The standard InChI is InChI=1S/C60H43N/c1-3-12-42(13-4-1)43-22-24-44(25-23-43)45-28-34-53(35-29-45)61(55-19-11-18-50(41-55)51-33-38-57-52(40-51)27-26-47-16-7-9-20-56(47)57)54-36-30-49(31-37-54)60-58-21-10-8-17-48(58)32-39-59(60)46-14-5-2-6-15-46/h1-41,47,56H. The molecule has 0 saturated carbocycles. The smallest absolute Gasteiger partial charge is 0.0467 e. The first-order valence-corrected chi connectivity index (χ1v) is 21.2. The largest absolute Gasteiger partial charge is 0.310 e. The van der Waals surface area contributed by atoms with Crippen LogP contribution in [0.5, 0.6) is 0 Å². The Balaban J connectivity index is 0.988. The Morgan fingerprint density at radius 2 is 0.902 bits per heavy atom. The number of hydrogen-bond acceptors (Lipinski definition) is 1. The van der Waals surface area contributed by atoms with Crippen molar-refractivity contribution in [1.29, 1.82) is 0 Å². The molecule has 9 aromatic carbocycles. The first-order chi connectivity index (χ1) is 30.2. The van der Waals surface area contributed by atoms with Gasteiger partial charge in [0.25, 0.3) is 0 Å². The van der Waals surface area contributed by atoms with Gasteiger partial charge in [0, 0.05) is 28.9 Å². The molecule has 0 aromatic heterocycles. The number of benzene rings is 9. The zero-order valence-electron chi connectivity index (χ0n) is 33.8. The maximum Gasteiger partial charge on any atom is 0.0467 e. The third-order valence-corrected chi connectivity index (χ3v) is 12.4. The monoisotopic (exact) mass is 777 g/mol. The maximum absolute atomic E-state index is 2.39. The van der Waals surface area contributed by atoms with Crippen molar-refractivity contribution in [3.8, 4) is 55.6 Å². The van der Waals surface area contributed by atoms with Crippen molar-refractivity contribution in [1.82, 2.24) is 0 Å². The van der Waals surface area contributed by atoms with E-state index < -0.39 is 0 Å². The van der Waals surface area contributed by atoms with Gasteiger partial charge in [-0.05, 0) is 120 Å². The lowest BCUT2D eigenvalue weighted by Gasteiger charge is -2.28. The van der Waals surface area contributed by atoms with Gasteiger partial charge in [0.05, 0.1) is 0 Å². The zero-order chi connectivity index (χ0) is 40.5. The molecular formula is C60H43N. The van der Waals surface area contributed by atoms with Crippen LogP contribution in [0.15, 0.2) is 243 Å². The molecule has 0 amide bonds. The van der Waals surface area contributed by atoms with Crippen LogP contribution in [0.1, 0.15) is 17.0 Å². The van der Waals surface area contributed by atoms with Crippen LogP contribution in [-0.4, -0.2) is 0 Å². The molecule has 61 heavy (non-hydrogen) atoms. The quantitative estimate of drug-likeness (QED) is 0.149. The van der Waals surface area contributed by atoms with Gasteiger partial charge in [-0.2, -0.15) is 0 Å². The fourth-order valence-electron chi connectivity index (χ4n) is 9.31. The Morgan fingerprint density at radius 1 is 0.344 bits per heavy atom. The highest BCUT2D eigenvalue weighted by Crippen LogP contribution is 2.43. The van der Waals surface area contributed by atoms with Crippen LogP contribution in [0, 0.1) is 5.92 Å². The van der Waals surface area contributed by atoms with Gasteiger partial charge in [0.2, 0.25) is 0 Å². The first-order valence-electron chi connectivity index (χ1n) is 21.2. The minimum absolute atomic E-state index is 0.395. The van der Waals surface area contributed by atoms with E-state index in [0.717, 1.165) is 17.1 Å². The molecule has 0 spiro atoms. The molecule has 9 aromatic rings. The number of fused-ring (bicyclic) bond motifs is 4. The van der Waals surface area contributed by atoms with Crippen molar-refractivity contribution < 1.29 is 0 Å². The third kappa shape index (κ3) is 7.01. The normalized spacial score (nSPS) is 15.0. The molecule has 0 aliphatic heterocycles. The van der Waals surface area contributed by atoms with Crippen LogP contribution in [0.3, 0.4) is 0 Å². The topological polar surface area (TPSA) is 3.24 Å². The van der Waals surface area contributed by atoms with Crippen LogP contribution >= 0.6 is 0 Å². The van der Waals surface area contributed by atoms with Crippen LogP contribution in [0.2, 0.25) is 0 Å². The maximum atomic E-state index is 2.39. The molecule has 1 heteroatoms. The molecule has 288 valence electrons. The Hall–Kier alpha value is -7.74. The lowest BCUT2D eigenvalue weighted by molar-refractivity contribution is 0.692. The van der Waals surface area contributed by atoms with Gasteiger partial charge >= 0.3 is 0 Å². The summed E-state index contributed by atoms with van der Waals surface area (Å²) in [4.78, 5) is 2.39. The molecule has 11 rings (SSSR count). The summed E-state index contributed by atoms with van der Waals surface area (Å²) in [5, 5.41) is 2.49. The van der Waals surface area contributed by atoms with Crippen molar-refractivity contribution in [3.05, 3.63) is 254 Å². The van der Waals surface area contributed by atoms with E-state index in [2.05, 4.69) is 254 Å². The fraction of sp³-hybridized carbons (Fsp3) is 0.0333. The number of rotatable bonds is 8. The van der Waals surface area contributed by atoms with Crippen LogP contribution < -0.4 is 4.90 Å². The van der Waals surface area contributed by atoms with Gasteiger partial charge in [-0.25, -0.2) is 0 Å². The van der Waals surface area contributed by atoms with E-state index in [4.69, 9.17) is 0 Å². The fourth-order valence-corrected chi connectivity index (χ4v) is 9.31. The number of allylic oxidation sites excluding steroid dienone is 5. The van der Waals surface area contributed by atoms with Gasteiger partial charge in [0.1, 0.15) is 0 Å². The third-order valence-electron chi connectivity index (χ3n) is 12.4. The molecule has 0 saturated heterocycles. The van der Waals surface area contributed by atoms with E-state index >= 15 is 0 Å². The summed E-state index contributed by atoms with van der Waals surface area (Å²) in [6, 6.07) is 77.6. The second-order valence-electron chi connectivity index (χ2n) is 16.1.